The van der Waals surface area contributed by atoms with Crippen LogP contribution in [0.15, 0.2) is 0 Å². The molecule has 2 saturated heterocycles. The van der Waals surface area contributed by atoms with Gasteiger partial charge in [0.25, 0.3) is 10.2 Å². The van der Waals surface area contributed by atoms with Gasteiger partial charge in [0.15, 0.2) is 0 Å². The number of piperidine rings is 1. The molecule has 0 bridgehead atoms. The Bertz CT molecular complexity index is 438. The van der Waals surface area contributed by atoms with Gasteiger partial charge in [0, 0.05) is 25.7 Å². The number of ether oxygens (including phenoxy) is 1. The average molecular weight is 306 g/mol. The number of aliphatic hydroxyl groups is 1. The Balaban J connectivity index is 2.19. The molecular formula is C13H26N2O4S. The van der Waals surface area contributed by atoms with Crippen molar-refractivity contribution in [3.8, 4) is 0 Å². The van der Waals surface area contributed by atoms with E-state index in [-0.39, 0.29) is 19.2 Å². The second-order valence-electron chi connectivity index (χ2n) is 6.44. The molecular weight excluding hydrogens is 280 g/mol. The highest BCUT2D eigenvalue weighted by Gasteiger charge is 2.42. The van der Waals surface area contributed by atoms with Gasteiger partial charge in [0.2, 0.25) is 0 Å². The molecule has 1 N–H and O–H groups in total. The van der Waals surface area contributed by atoms with Crippen molar-refractivity contribution in [2.45, 2.75) is 57.8 Å². The zero-order chi connectivity index (χ0) is 15.0. The molecule has 0 amide bonds. The highest BCUT2D eigenvalue weighted by molar-refractivity contribution is 7.86. The summed E-state index contributed by atoms with van der Waals surface area (Å²) >= 11 is 0. The van der Waals surface area contributed by atoms with Crippen molar-refractivity contribution < 1.29 is 18.3 Å². The number of nitrogens with zero attached hydrogens (tertiary/aromatic N) is 2. The van der Waals surface area contributed by atoms with E-state index in [0.717, 1.165) is 19.3 Å². The molecule has 0 aromatic carbocycles. The van der Waals surface area contributed by atoms with Crippen molar-refractivity contribution in [3.05, 3.63) is 0 Å². The van der Waals surface area contributed by atoms with Crippen LogP contribution in [0.4, 0.5) is 0 Å². The van der Waals surface area contributed by atoms with Crippen LogP contribution in [0.5, 0.6) is 0 Å². The maximum Gasteiger partial charge on any atom is 0.282 e. The van der Waals surface area contributed by atoms with E-state index in [9.17, 15) is 13.5 Å². The van der Waals surface area contributed by atoms with E-state index >= 15 is 0 Å². The fraction of sp³-hybridized carbons (Fsp3) is 1.00. The van der Waals surface area contributed by atoms with Gasteiger partial charge in [-0.15, -0.1) is 0 Å². The molecule has 118 valence electrons. The highest BCUT2D eigenvalue weighted by atomic mass is 32.2. The molecule has 0 aromatic rings. The van der Waals surface area contributed by atoms with Gasteiger partial charge in [0.05, 0.1) is 18.3 Å². The van der Waals surface area contributed by atoms with E-state index in [4.69, 9.17) is 4.74 Å². The van der Waals surface area contributed by atoms with Crippen molar-refractivity contribution >= 4 is 10.2 Å². The van der Waals surface area contributed by atoms with E-state index in [1.807, 2.05) is 20.8 Å². The number of hydrogen-bond acceptors (Lipinski definition) is 4. The summed E-state index contributed by atoms with van der Waals surface area (Å²) in [4.78, 5) is 0. The zero-order valence-electron chi connectivity index (χ0n) is 12.6. The summed E-state index contributed by atoms with van der Waals surface area (Å²) in [6.45, 7) is 6.66. The maximum absolute atomic E-state index is 12.8. The predicted octanol–water partition coefficient (Wildman–Crippen LogP) is 0.577. The van der Waals surface area contributed by atoms with Crippen molar-refractivity contribution in [2.75, 3.05) is 26.2 Å². The van der Waals surface area contributed by atoms with Gasteiger partial charge in [-0.3, -0.25) is 0 Å². The van der Waals surface area contributed by atoms with Gasteiger partial charge < -0.3 is 9.84 Å². The number of rotatable bonds is 3. The highest BCUT2D eigenvalue weighted by Crippen LogP contribution is 2.28. The van der Waals surface area contributed by atoms with Crippen LogP contribution < -0.4 is 0 Å². The molecule has 0 radical (unpaired) electrons. The summed E-state index contributed by atoms with van der Waals surface area (Å²) in [6, 6.07) is 0.0484. The van der Waals surface area contributed by atoms with E-state index in [2.05, 4.69) is 0 Å². The van der Waals surface area contributed by atoms with Gasteiger partial charge in [-0.25, -0.2) is 0 Å². The second-order valence-corrected chi connectivity index (χ2v) is 8.32. The molecule has 2 heterocycles. The average Bonchev–Trinajstić information content (AvgIpc) is 2.37. The van der Waals surface area contributed by atoms with Gasteiger partial charge in [-0.2, -0.15) is 17.0 Å². The molecule has 2 rings (SSSR count). The third-order valence-corrected chi connectivity index (χ3v) is 6.08. The van der Waals surface area contributed by atoms with Gasteiger partial charge >= 0.3 is 0 Å². The molecule has 0 saturated carbocycles. The summed E-state index contributed by atoms with van der Waals surface area (Å²) in [5.74, 6) is 0. The first-order valence-electron chi connectivity index (χ1n) is 7.32. The Kier molecular flexibility index (Phi) is 4.76. The minimum Gasteiger partial charge on any atom is -0.394 e. The first-order valence-corrected chi connectivity index (χ1v) is 8.71. The van der Waals surface area contributed by atoms with Crippen LogP contribution >= 0.6 is 0 Å². The fourth-order valence-corrected chi connectivity index (χ4v) is 5.12. The van der Waals surface area contributed by atoms with E-state index in [1.54, 1.807) is 4.31 Å². The molecule has 7 heteroatoms. The summed E-state index contributed by atoms with van der Waals surface area (Å²) in [6.07, 6.45) is 2.46. The molecule has 0 spiro atoms. The molecule has 2 fully saturated rings. The van der Waals surface area contributed by atoms with Gasteiger partial charge in [-0.1, -0.05) is 6.42 Å². The molecule has 20 heavy (non-hydrogen) atoms. The third kappa shape index (κ3) is 3.33. The number of hydrogen-bond donors (Lipinski definition) is 1. The summed E-state index contributed by atoms with van der Waals surface area (Å²) in [7, 11) is -3.47. The monoisotopic (exact) mass is 306 g/mol. The fourth-order valence-electron chi connectivity index (χ4n) is 3.08. The van der Waals surface area contributed by atoms with Crippen LogP contribution in [-0.4, -0.2) is 66.1 Å². The quantitative estimate of drug-likeness (QED) is 0.828. The smallest absolute Gasteiger partial charge is 0.282 e. The minimum absolute atomic E-state index is 0.0484. The van der Waals surface area contributed by atoms with E-state index in [0.29, 0.717) is 13.1 Å². The van der Waals surface area contributed by atoms with Crippen molar-refractivity contribution in [1.82, 2.24) is 8.61 Å². The van der Waals surface area contributed by atoms with Crippen molar-refractivity contribution in [2.24, 2.45) is 0 Å². The first-order chi connectivity index (χ1) is 9.26. The van der Waals surface area contributed by atoms with Crippen LogP contribution in [0.25, 0.3) is 0 Å². The Morgan fingerprint density at radius 2 is 2.05 bits per heavy atom. The summed E-state index contributed by atoms with van der Waals surface area (Å²) < 4.78 is 34.4. The van der Waals surface area contributed by atoms with Crippen molar-refractivity contribution in [3.63, 3.8) is 0 Å². The van der Waals surface area contributed by atoms with Crippen LogP contribution in [0, 0.1) is 0 Å². The molecule has 6 nitrogen and oxygen atoms in total. The first kappa shape index (κ1) is 16.2. The molecule has 2 aliphatic rings. The lowest BCUT2D eigenvalue weighted by Crippen LogP contribution is -2.59. The number of morpholine rings is 1. The van der Waals surface area contributed by atoms with Crippen LogP contribution in [0.2, 0.25) is 0 Å². The lowest BCUT2D eigenvalue weighted by atomic mass is 10.1. The van der Waals surface area contributed by atoms with Gasteiger partial charge in [0.1, 0.15) is 0 Å². The molecule has 2 atom stereocenters. The Hall–Kier alpha value is -0.210. The Labute approximate surface area is 121 Å². The number of aliphatic hydroxyl groups excluding tert-OH is 1. The normalized spacial score (nSPS) is 33.2. The summed E-state index contributed by atoms with van der Waals surface area (Å²) in [5, 5.41) is 9.31. The Morgan fingerprint density at radius 1 is 1.35 bits per heavy atom. The molecule has 0 aliphatic carbocycles. The minimum atomic E-state index is -3.47. The molecule has 2 unspecified atom stereocenters. The molecule has 0 aromatic heterocycles. The van der Waals surface area contributed by atoms with Crippen molar-refractivity contribution in [1.29, 1.82) is 0 Å². The van der Waals surface area contributed by atoms with Crippen LogP contribution in [0.1, 0.15) is 40.0 Å². The van der Waals surface area contributed by atoms with Gasteiger partial charge in [-0.05, 0) is 33.6 Å². The lowest BCUT2D eigenvalue weighted by Gasteiger charge is -2.44. The largest absolute Gasteiger partial charge is 0.394 e. The SMILES string of the molecule is CC1CCCCN1S(=O)(=O)N1CC(CO)OC(C)(C)C1. The van der Waals surface area contributed by atoms with Crippen LogP contribution in [0.3, 0.4) is 0 Å². The lowest BCUT2D eigenvalue weighted by molar-refractivity contribution is -0.132. The van der Waals surface area contributed by atoms with E-state index < -0.39 is 21.9 Å². The van der Waals surface area contributed by atoms with Crippen LogP contribution in [-0.2, 0) is 14.9 Å². The maximum atomic E-state index is 12.8. The summed E-state index contributed by atoms with van der Waals surface area (Å²) in [5.41, 5.74) is -0.572. The second kappa shape index (κ2) is 5.88. The standard InChI is InChI=1S/C13H26N2O4S/c1-11-6-4-5-7-15(11)20(17,18)14-8-12(9-16)19-13(2,3)10-14/h11-12,16H,4-10H2,1-3H3. The van der Waals surface area contributed by atoms with E-state index in [1.165, 1.54) is 4.31 Å². The topological polar surface area (TPSA) is 70.1 Å². The third-order valence-electron chi connectivity index (χ3n) is 4.02. The zero-order valence-corrected chi connectivity index (χ0v) is 13.4. The predicted molar refractivity (Wildman–Crippen MR) is 76.5 cm³/mol. The Morgan fingerprint density at radius 3 is 2.65 bits per heavy atom. The molecule has 2 aliphatic heterocycles.